The molecular weight excluding hydrogens is 444 g/mol. The Morgan fingerprint density at radius 3 is 2.54 bits per heavy atom. The van der Waals surface area contributed by atoms with Crippen LogP contribution >= 0.6 is 0 Å². The first-order valence-corrected chi connectivity index (χ1v) is 12.4. The average molecular weight is 481 g/mol. The van der Waals surface area contributed by atoms with Gasteiger partial charge in [-0.2, -0.15) is 0 Å². The van der Waals surface area contributed by atoms with Crippen molar-refractivity contribution >= 4 is 18.2 Å². The van der Waals surface area contributed by atoms with Crippen LogP contribution in [0.5, 0.6) is 0 Å². The van der Waals surface area contributed by atoms with E-state index in [2.05, 4.69) is 65.2 Å². The predicted molar refractivity (Wildman–Crippen MR) is 136 cm³/mol. The van der Waals surface area contributed by atoms with Gasteiger partial charge in [-0.05, 0) is 37.5 Å². The van der Waals surface area contributed by atoms with E-state index in [0.717, 1.165) is 49.6 Å². The molecule has 0 aromatic heterocycles. The van der Waals surface area contributed by atoms with Crippen molar-refractivity contribution in [2.45, 2.75) is 45.6 Å². The lowest BCUT2D eigenvalue weighted by atomic mass is 9.98. The Bertz CT molecular complexity index is 997. The van der Waals surface area contributed by atoms with E-state index in [0.29, 0.717) is 12.6 Å². The Labute approximate surface area is 207 Å². The molecule has 9 nitrogen and oxygen atoms in total. The molecule has 1 aromatic carbocycles. The maximum Gasteiger partial charge on any atom is 0.415 e. The average Bonchev–Trinajstić information content (AvgIpc) is 2.89. The van der Waals surface area contributed by atoms with Gasteiger partial charge in [0, 0.05) is 56.6 Å². The zero-order chi connectivity index (χ0) is 24.9. The van der Waals surface area contributed by atoms with Crippen LogP contribution in [0.25, 0.3) is 0 Å². The SMILES string of the molecule is C=CC(=O)N1CCN(C(CC)c2ccc([C@H](C)NC3N=CC4=C(N3)N(CC)C(=O)OC4)cc2)CC1. The fourth-order valence-electron chi connectivity index (χ4n) is 4.95. The van der Waals surface area contributed by atoms with Crippen molar-refractivity contribution in [3.63, 3.8) is 0 Å². The van der Waals surface area contributed by atoms with Gasteiger partial charge in [-0.25, -0.2) is 4.79 Å². The second kappa shape index (κ2) is 11.0. The van der Waals surface area contributed by atoms with Crippen LogP contribution in [0.4, 0.5) is 4.79 Å². The van der Waals surface area contributed by atoms with E-state index in [1.807, 2.05) is 11.8 Å². The van der Waals surface area contributed by atoms with E-state index < -0.39 is 0 Å². The third-order valence-electron chi connectivity index (χ3n) is 6.97. The van der Waals surface area contributed by atoms with Gasteiger partial charge in [0.15, 0.2) is 6.29 Å². The van der Waals surface area contributed by atoms with Crippen molar-refractivity contribution in [1.82, 2.24) is 25.3 Å². The van der Waals surface area contributed by atoms with Crippen molar-refractivity contribution in [3.05, 3.63) is 59.4 Å². The molecule has 0 aliphatic carbocycles. The number of cyclic esters (lactones) is 1. The van der Waals surface area contributed by atoms with Crippen molar-refractivity contribution in [2.75, 3.05) is 39.3 Å². The van der Waals surface area contributed by atoms with Crippen LogP contribution in [0.3, 0.4) is 0 Å². The second-order valence-electron chi connectivity index (χ2n) is 9.04. The van der Waals surface area contributed by atoms with Crippen LogP contribution in [-0.2, 0) is 9.53 Å². The zero-order valence-corrected chi connectivity index (χ0v) is 20.9. The first-order valence-electron chi connectivity index (χ1n) is 12.4. The molecule has 9 heteroatoms. The quantitative estimate of drug-likeness (QED) is 0.556. The molecule has 2 amide bonds. The Kier molecular flexibility index (Phi) is 7.87. The van der Waals surface area contributed by atoms with Crippen LogP contribution in [0.2, 0.25) is 0 Å². The molecule has 188 valence electrons. The van der Waals surface area contributed by atoms with Crippen LogP contribution in [-0.4, -0.2) is 78.5 Å². The molecule has 1 fully saturated rings. The molecule has 3 aliphatic heterocycles. The van der Waals surface area contributed by atoms with Crippen molar-refractivity contribution < 1.29 is 14.3 Å². The summed E-state index contributed by atoms with van der Waals surface area (Å²) in [5, 5.41) is 6.84. The predicted octanol–water partition coefficient (Wildman–Crippen LogP) is 2.76. The topological polar surface area (TPSA) is 89.5 Å². The molecular formula is C26H36N6O3. The summed E-state index contributed by atoms with van der Waals surface area (Å²) < 4.78 is 5.19. The van der Waals surface area contributed by atoms with Crippen molar-refractivity contribution in [3.8, 4) is 0 Å². The number of nitrogens with zero attached hydrogens (tertiary/aromatic N) is 4. The molecule has 2 N–H and O–H groups in total. The molecule has 3 heterocycles. The number of ether oxygens (including phenoxy) is 1. The molecule has 2 unspecified atom stereocenters. The summed E-state index contributed by atoms with van der Waals surface area (Å²) in [6, 6.07) is 9.13. The molecule has 0 radical (unpaired) electrons. The van der Waals surface area contributed by atoms with Gasteiger partial charge in [-0.1, -0.05) is 37.8 Å². The van der Waals surface area contributed by atoms with Gasteiger partial charge in [0.25, 0.3) is 0 Å². The maximum absolute atomic E-state index is 12.1. The number of carbonyl (C=O) groups excluding carboxylic acids is 2. The van der Waals surface area contributed by atoms with E-state index in [9.17, 15) is 9.59 Å². The van der Waals surface area contributed by atoms with E-state index in [1.165, 1.54) is 11.6 Å². The van der Waals surface area contributed by atoms with Gasteiger partial charge in [0.1, 0.15) is 12.4 Å². The van der Waals surface area contributed by atoms with Gasteiger partial charge in [-0.3, -0.25) is 24.9 Å². The van der Waals surface area contributed by atoms with E-state index in [-0.39, 0.29) is 30.9 Å². The van der Waals surface area contributed by atoms with E-state index in [1.54, 1.807) is 11.1 Å². The summed E-state index contributed by atoms with van der Waals surface area (Å²) in [7, 11) is 0. The molecule has 0 spiro atoms. The Morgan fingerprint density at radius 1 is 1.23 bits per heavy atom. The van der Waals surface area contributed by atoms with Gasteiger partial charge in [0.2, 0.25) is 5.91 Å². The lowest BCUT2D eigenvalue weighted by Gasteiger charge is -2.39. The first kappa shape index (κ1) is 24.9. The lowest BCUT2D eigenvalue weighted by molar-refractivity contribution is -0.128. The number of piperazine rings is 1. The van der Waals surface area contributed by atoms with Crippen molar-refractivity contribution in [1.29, 1.82) is 0 Å². The van der Waals surface area contributed by atoms with Crippen LogP contribution in [0, 0.1) is 0 Å². The van der Waals surface area contributed by atoms with Gasteiger partial charge >= 0.3 is 6.09 Å². The van der Waals surface area contributed by atoms with Crippen molar-refractivity contribution in [2.24, 2.45) is 4.99 Å². The van der Waals surface area contributed by atoms with Gasteiger partial charge in [0.05, 0.1) is 0 Å². The van der Waals surface area contributed by atoms with Crippen LogP contribution in [0.1, 0.15) is 50.4 Å². The Morgan fingerprint density at radius 2 is 1.91 bits per heavy atom. The molecule has 4 rings (SSSR count). The summed E-state index contributed by atoms with van der Waals surface area (Å²) in [5.74, 6) is 0.776. The number of rotatable bonds is 8. The third-order valence-corrected chi connectivity index (χ3v) is 6.97. The second-order valence-corrected chi connectivity index (χ2v) is 9.04. The molecule has 3 atom stereocenters. The first-order chi connectivity index (χ1) is 16.9. The molecule has 0 saturated carbocycles. The Hall–Kier alpha value is -3.17. The van der Waals surface area contributed by atoms with E-state index >= 15 is 0 Å². The third kappa shape index (κ3) is 5.41. The lowest BCUT2D eigenvalue weighted by Crippen LogP contribution is -2.51. The normalized spacial score (nSPS) is 22.3. The molecule has 0 bridgehead atoms. The fourth-order valence-corrected chi connectivity index (χ4v) is 4.95. The maximum atomic E-state index is 12.1. The molecule has 1 saturated heterocycles. The van der Waals surface area contributed by atoms with Gasteiger partial charge < -0.3 is 15.0 Å². The number of amides is 2. The standard InChI is InChI=1S/C26H36N6O3/c1-5-22(30-12-14-31(15-13-30)23(33)6-2)20-10-8-19(9-11-20)18(4)28-25-27-16-21-17-35-26(34)32(7-3)24(21)29-25/h6,8-11,16,18,22,25,28-29H,2,5,7,12-15,17H2,1,3-4H3/t18-,22?,25?/m0/s1. The summed E-state index contributed by atoms with van der Waals surface area (Å²) in [4.78, 5) is 34.4. The minimum atomic E-state index is -0.337. The highest BCUT2D eigenvalue weighted by molar-refractivity contribution is 5.87. The van der Waals surface area contributed by atoms with Crippen LogP contribution < -0.4 is 10.6 Å². The summed E-state index contributed by atoms with van der Waals surface area (Å²) in [6.45, 7) is 13.8. The summed E-state index contributed by atoms with van der Waals surface area (Å²) >= 11 is 0. The highest BCUT2D eigenvalue weighted by atomic mass is 16.6. The highest BCUT2D eigenvalue weighted by Gasteiger charge is 2.31. The highest BCUT2D eigenvalue weighted by Crippen LogP contribution is 2.27. The largest absolute Gasteiger partial charge is 0.444 e. The minimum absolute atomic E-state index is 0.0127. The van der Waals surface area contributed by atoms with Crippen LogP contribution in [0.15, 0.2) is 53.3 Å². The van der Waals surface area contributed by atoms with Gasteiger partial charge in [-0.15, -0.1) is 0 Å². The Balaban J connectivity index is 1.36. The number of nitrogens with one attached hydrogen (secondary N) is 2. The fraction of sp³-hybridized carbons (Fsp3) is 0.500. The summed E-state index contributed by atoms with van der Waals surface area (Å²) in [6.07, 6.45) is 3.52. The number of hydrogen-bond donors (Lipinski definition) is 2. The number of aliphatic imine (C=N–C) groups is 1. The number of carbonyl (C=O) groups is 2. The molecule has 35 heavy (non-hydrogen) atoms. The zero-order valence-electron chi connectivity index (χ0n) is 20.9. The monoisotopic (exact) mass is 480 g/mol. The summed E-state index contributed by atoms with van der Waals surface area (Å²) in [5.41, 5.74) is 3.33. The minimum Gasteiger partial charge on any atom is -0.444 e. The smallest absolute Gasteiger partial charge is 0.415 e. The molecule has 3 aliphatic rings. The van der Waals surface area contributed by atoms with E-state index in [4.69, 9.17) is 4.74 Å². The number of hydrogen-bond acceptors (Lipinski definition) is 7. The molecule has 1 aromatic rings. The number of benzene rings is 1.